The highest BCUT2D eigenvalue weighted by Crippen LogP contribution is 2.37. The van der Waals surface area contributed by atoms with Crippen molar-refractivity contribution < 1.29 is 4.79 Å². The molecule has 0 saturated carbocycles. The third-order valence-electron chi connectivity index (χ3n) is 4.28. The van der Waals surface area contributed by atoms with Gasteiger partial charge in [0, 0.05) is 18.5 Å². The van der Waals surface area contributed by atoms with Gasteiger partial charge in [-0.1, -0.05) is 18.2 Å². The lowest BCUT2D eigenvalue weighted by atomic mass is 9.92. The van der Waals surface area contributed by atoms with Crippen LogP contribution in [-0.2, 0) is 11.3 Å². The van der Waals surface area contributed by atoms with E-state index in [1.54, 1.807) is 6.07 Å². The first kappa shape index (κ1) is 13.8. The molecule has 23 heavy (non-hydrogen) atoms. The molecule has 6 nitrogen and oxygen atoms in total. The SMILES string of the molecule is CCn1c(C2CC(=O)Nc3nc(N)ccc32)nc2ccccc21. The van der Waals surface area contributed by atoms with Crippen LogP contribution in [0, 0.1) is 0 Å². The lowest BCUT2D eigenvalue weighted by Crippen LogP contribution is -2.26. The molecule has 0 aliphatic carbocycles. The highest BCUT2D eigenvalue weighted by atomic mass is 16.1. The van der Waals surface area contributed by atoms with E-state index in [0.717, 1.165) is 29.0 Å². The fraction of sp³-hybridized carbons (Fsp3) is 0.235. The molecule has 2 aromatic heterocycles. The average molecular weight is 307 g/mol. The minimum Gasteiger partial charge on any atom is -0.384 e. The number of rotatable bonds is 2. The molecular formula is C17H17N5O. The number of hydrogen-bond donors (Lipinski definition) is 2. The maximum absolute atomic E-state index is 12.1. The summed E-state index contributed by atoms with van der Waals surface area (Å²) < 4.78 is 2.17. The van der Waals surface area contributed by atoms with Crippen LogP contribution < -0.4 is 11.1 Å². The number of nitrogens with one attached hydrogen (secondary N) is 1. The fourth-order valence-corrected chi connectivity index (χ4v) is 3.27. The van der Waals surface area contributed by atoms with Crippen molar-refractivity contribution in [2.24, 2.45) is 0 Å². The largest absolute Gasteiger partial charge is 0.384 e. The summed E-state index contributed by atoms with van der Waals surface area (Å²) in [5.41, 5.74) is 8.74. The molecule has 0 spiro atoms. The van der Waals surface area contributed by atoms with Crippen molar-refractivity contribution in [1.82, 2.24) is 14.5 Å². The van der Waals surface area contributed by atoms with Crippen LogP contribution in [0.4, 0.5) is 11.6 Å². The van der Waals surface area contributed by atoms with Gasteiger partial charge in [0.1, 0.15) is 17.5 Å². The molecular weight excluding hydrogens is 290 g/mol. The molecule has 3 heterocycles. The van der Waals surface area contributed by atoms with Crippen molar-refractivity contribution in [3.8, 4) is 0 Å². The smallest absolute Gasteiger partial charge is 0.226 e. The first-order valence-corrected chi connectivity index (χ1v) is 7.68. The van der Waals surface area contributed by atoms with Gasteiger partial charge in [-0.15, -0.1) is 0 Å². The van der Waals surface area contributed by atoms with E-state index in [4.69, 9.17) is 10.7 Å². The Morgan fingerprint density at radius 3 is 2.91 bits per heavy atom. The predicted octanol–water partition coefficient (Wildman–Crippen LogP) is 2.51. The second kappa shape index (κ2) is 5.08. The van der Waals surface area contributed by atoms with E-state index >= 15 is 0 Å². The van der Waals surface area contributed by atoms with E-state index in [1.165, 1.54) is 0 Å². The number of pyridine rings is 1. The number of hydrogen-bond acceptors (Lipinski definition) is 4. The molecule has 6 heteroatoms. The topological polar surface area (TPSA) is 85.8 Å². The van der Waals surface area contributed by atoms with Crippen molar-refractivity contribution in [1.29, 1.82) is 0 Å². The Hall–Kier alpha value is -2.89. The summed E-state index contributed by atoms with van der Waals surface area (Å²) in [6, 6.07) is 11.7. The zero-order valence-corrected chi connectivity index (χ0v) is 12.8. The number of imidazole rings is 1. The number of nitrogens with two attached hydrogens (primary N) is 1. The molecule has 0 bridgehead atoms. The predicted molar refractivity (Wildman–Crippen MR) is 89.1 cm³/mol. The highest BCUT2D eigenvalue weighted by Gasteiger charge is 2.31. The number of carbonyl (C=O) groups excluding carboxylic acids is 1. The fourth-order valence-electron chi connectivity index (χ4n) is 3.27. The molecule has 1 aromatic carbocycles. The van der Waals surface area contributed by atoms with Crippen molar-refractivity contribution in [2.75, 3.05) is 11.1 Å². The van der Waals surface area contributed by atoms with Gasteiger partial charge in [0.15, 0.2) is 0 Å². The Morgan fingerprint density at radius 2 is 2.09 bits per heavy atom. The van der Waals surface area contributed by atoms with Gasteiger partial charge in [-0.3, -0.25) is 4.79 Å². The third kappa shape index (κ3) is 2.14. The zero-order valence-electron chi connectivity index (χ0n) is 12.8. The first-order chi connectivity index (χ1) is 11.2. The van der Waals surface area contributed by atoms with E-state index in [1.807, 2.05) is 24.3 Å². The Balaban J connectivity index is 1.93. The van der Waals surface area contributed by atoms with Crippen molar-refractivity contribution in [3.63, 3.8) is 0 Å². The van der Waals surface area contributed by atoms with Gasteiger partial charge >= 0.3 is 0 Å². The standard InChI is InChI=1S/C17H17N5O/c1-2-22-13-6-4-3-5-12(13)19-17(22)11-9-15(23)21-16-10(11)7-8-14(18)20-16/h3-8,11H,2,9H2,1H3,(H3,18,20,21,23). The van der Waals surface area contributed by atoms with E-state index in [9.17, 15) is 4.79 Å². The number of nitrogen functional groups attached to an aromatic ring is 1. The number of fused-ring (bicyclic) bond motifs is 2. The van der Waals surface area contributed by atoms with E-state index < -0.39 is 0 Å². The van der Waals surface area contributed by atoms with Gasteiger partial charge in [-0.05, 0) is 25.1 Å². The lowest BCUT2D eigenvalue weighted by molar-refractivity contribution is -0.116. The number of anilines is 2. The van der Waals surface area contributed by atoms with Crippen LogP contribution in [0.15, 0.2) is 36.4 Å². The molecule has 1 amide bonds. The summed E-state index contributed by atoms with van der Waals surface area (Å²) in [5.74, 6) is 1.67. The van der Waals surface area contributed by atoms with E-state index in [0.29, 0.717) is 18.1 Å². The van der Waals surface area contributed by atoms with Crippen molar-refractivity contribution in [2.45, 2.75) is 25.8 Å². The lowest BCUT2D eigenvalue weighted by Gasteiger charge is -2.25. The van der Waals surface area contributed by atoms with Gasteiger partial charge in [0.05, 0.1) is 17.0 Å². The van der Waals surface area contributed by atoms with Crippen LogP contribution in [0.5, 0.6) is 0 Å². The molecule has 116 valence electrons. The number of nitrogens with zero attached hydrogens (tertiary/aromatic N) is 3. The van der Waals surface area contributed by atoms with Gasteiger partial charge < -0.3 is 15.6 Å². The van der Waals surface area contributed by atoms with Gasteiger partial charge in [0.2, 0.25) is 5.91 Å². The Bertz CT molecular complexity index is 914. The number of benzene rings is 1. The number of para-hydroxylation sites is 2. The number of aromatic nitrogens is 3. The summed E-state index contributed by atoms with van der Waals surface area (Å²) >= 11 is 0. The molecule has 3 aromatic rings. The van der Waals surface area contributed by atoms with Gasteiger partial charge in [0.25, 0.3) is 0 Å². The first-order valence-electron chi connectivity index (χ1n) is 7.68. The summed E-state index contributed by atoms with van der Waals surface area (Å²) in [5, 5.41) is 2.80. The molecule has 0 saturated heterocycles. The van der Waals surface area contributed by atoms with Gasteiger partial charge in [-0.25, -0.2) is 9.97 Å². The normalized spacial score (nSPS) is 17.1. The van der Waals surface area contributed by atoms with Gasteiger partial charge in [-0.2, -0.15) is 0 Å². The van der Waals surface area contributed by atoms with Crippen LogP contribution in [0.2, 0.25) is 0 Å². The van der Waals surface area contributed by atoms with Crippen LogP contribution >= 0.6 is 0 Å². The number of aryl methyl sites for hydroxylation is 1. The molecule has 1 unspecified atom stereocenters. The van der Waals surface area contributed by atoms with Crippen LogP contribution in [-0.4, -0.2) is 20.4 Å². The molecule has 1 aliphatic heterocycles. The Labute approximate surface area is 133 Å². The maximum atomic E-state index is 12.1. The Kier molecular flexibility index (Phi) is 3.04. The highest BCUT2D eigenvalue weighted by molar-refractivity contribution is 5.94. The zero-order chi connectivity index (χ0) is 16.0. The second-order valence-electron chi connectivity index (χ2n) is 5.68. The minimum absolute atomic E-state index is 0.0599. The molecule has 0 radical (unpaired) electrons. The summed E-state index contributed by atoms with van der Waals surface area (Å²) in [7, 11) is 0. The van der Waals surface area contributed by atoms with Crippen LogP contribution in [0.3, 0.4) is 0 Å². The van der Waals surface area contributed by atoms with E-state index in [2.05, 4.69) is 27.9 Å². The second-order valence-corrected chi connectivity index (χ2v) is 5.68. The van der Waals surface area contributed by atoms with Crippen LogP contribution in [0.25, 0.3) is 11.0 Å². The summed E-state index contributed by atoms with van der Waals surface area (Å²) in [6.07, 6.45) is 0.363. The Morgan fingerprint density at radius 1 is 1.26 bits per heavy atom. The minimum atomic E-state index is -0.112. The third-order valence-corrected chi connectivity index (χ3v) is 4.28. The van der Waals surface area contributed by atoms with Crippen LogP contribution in [0.1, 0.15) is 30.7 Å². The van der Waals surface area contributed by atoms with Crippen molar-refractivity contribution in [3.05, 3.63) is 47.8 Å². The quantitative estimate of drug-likeness (QED) is 0.761. The van der Waals surface area contributed by atoms with Crippen molar-refractivity contribution >= 4 is 28.6 Å². The molecule has 0 fully saturated rings. The average Bonchev–Trinajstić information content (AvgIpc) is 2.92. The summed E-state index contributed by atoms with van der Waals surface area (Å²) in [4.78, 5) is 21.2. The molecule has 1 atom stereocenters. The number of amides is 1. The monoisotopic (exact) mass is 307 g/mol. The molecule has 1 aliphatic rings. The molecule has 3 N–H and O–H groups in total. The number of carbonyl (C=O) groups is 1. The molecule has 4 rings (SSSR count). The summed E-state index contributed by atoms with van der Waals surface area (Å²) in [6.45, 7) is 2.88. The maximum Gasteiger partial charge on any atom is 0.226 e. The van der Waals surface area contributed by atoms with E-state index in [-0.39, 0.29) is 11.8 Å².